The Hall–Kier alpha value is -0.720. The predicted octanol–water partition coefficient (Wildman–Crippen LogP) is 6.31. The van der Waals surface area contributed by atoms with Crippen LogP contribution < -0.4 is 0 Å². The first-order valence-electron chi connectivity index (χ1n) is 8.44. The minimum Gasteiger partial charge on any atom is -0.466 e. The van der Waals surface area contributed by atoms with Crippen molar-refractivity contribution in [1.29, 1.82) is 0 Å². The molecule has 0 atom stereocenters. The molecule has 0 aliphatic carbocycles. The van der Waals surface area contributed by atoms with Gasteiger partial charge in [0.05, 0.1) is 0 Å². The zero-order chi connectivity index (χ0) is 13.8. The molecule has 0 fully saturated rings. The maximum Gasteiger partial charge on any atom is 0.104 e. The quantitative estimate of drug-likeness (QED) is 0.403. The summed E-state index contributed by atoms with van der Waals surface area (Å²) in [7, 11) is 0. The first kappa shape index (κ1) is 16.3. The van der Waals surface area contributed by atoms with Gasteiger partial charge in [0.1, 0.15) is 11.5 Å². The van der Waals surface area contributed by atoms with Gasteiger partial charge in [-0.15, -0.1) is 0 Å². The lowest BCUT2D eigenvalue weighted by Gasteiger charge is -2.01. The van der Waals surface area contributed by atoms with Gasteiger partial charge in [-0.05, 0) is 18.6 Å². The standard InChI is InChI=1S/C18H32O/c1-3-5-6-7-8-9-10-11-12-13-14-18-16-15-17(4-2)19-18/h15-16H,3-14H2,1-2H3. The van der Waals surface area contributed by atoms with Crippen molar-refractivity contribution < 1.29 is 4.42 Å². The van der Waals surface area contributed by atoms with E-state index in [1.807, 2.05) is 0 Å². The highest BCUT2D eigenvalue weighted by Crippen LogP contribution is 2.14. The van der Waals surface area contributed by atoms with Gasteiger partial charge in [0.15, 0.2) is 0 Å². The van der Waals surface area contributed by atoms with Crippen molar-refractivity contribution in [2.24, 2.45) is 0 Å². The number of aryl methyl sites for hydroxylation is 2. The molecule has 0 amide bonds. The SMILES string of the molecule is CCCCCCCCCCCCc1ccc(CC)o1. The van der Waals surface area contributed by atoms with Crippen LogP contribution in [-0.4, -0.2) is 0 Å². The summed E-state index contributed by atoms with van der Waals surface area (Å²) in [5.41, 5.74) is 0. The molecule has 19 heavy (non-hydrogen) atoms. The van der Waals surface area contributed by atoms with Crippen molar-refractivity contribution in [1.82, 2.24) is 0 Å². The largest absolute Gasteiger partial charge is 0.466 e. The Morgan fingerprint density at radius 2 is 1.21 bits per heavy atom. The van der Waals surface area contributed by atoms with Gasteiger partial charge in [0.25, 0.3) is 0 Å². The van der Waals surface area contributed by atoms with Crippen LogP contribution in [0.3, 0.4) is 0 Å². The van der Waals surface area contributed by atoms with E-state index in [-0.39, 0.29) is 0 Å². The Labute approximate surface area is 119 Å². The Bertz CT molecular complexity index is 300. The average molecular weight is 264 g/mol. The third kappa shape index (κ3) is 8.13. The lowest BCUT2D eigenvalue weighted by Crippen LogP contribution is -1.85. The van der Waals surface area contributed by atoms with Gasteiger partial charge in [0, 0.05) is 12.8 Å². The molecule has 0 aliphatic heterocycles. The molecule has 1 heteroatoms. The van der Waals surface area contributed by atoms with Gasteiger partial charge < -0.3 is 4.42 Å². The molecular formula is C18H32O. The molecule has 0 aliphatic rings. The highest BCUT2D eigenvalue weighted by Gasteiger charge is 2.00. The molecule has 0 N–H and O–H groups in total. The number of hydrogen-bond acceptors (Lipinski definition) is 1. The maximum absolute atomic E-state index is 5.72. The van der Waals surface area contributed by atoms with E-state index in [2.05, 4.69) is 26.0 Å². The molecule has 0 radical (unpaired) electrons. The van der Waals surface area contributed by atoms with Crippen LogP contribution >= 0.6 is 0 Å². The van der Waals surface area contributed by atoms with Crippen LogP contribution in [-0.2, 0) is 12.8 Å². The number of rotatable bonds is 12. The van der Waals surface area contributed by atoms with Gasteiger partial charge >= 0.3 is 0 Å². The van der Waals surface area contributed by atoms with Gasteiger partial charge in [-0.25, -0.2) is 0 Å². The van der Waals surface area contributed by atoms with Crippen LogP contribution in [0.4, 0.5) is 0 Å². The van der Waals surface area contributed by atoms with Gasteiger partial charge in [-0.3, -0.25) is 0 Å². The van der Waals surface area contributed by atoms with Crippen LogP contribution in [0.15, 0.2) is 16.5 Å². The Kier molecular flexibility index (Phi) is 9.57. The second-order valence-electron chi connectivity index (χ2n) is 5.65. The minimum atomic E-state index is 1.01. The molecule has 0 bridgehead atoms. The summed E-state index contributed by atoms with van der Waals surface area (Å²) in [6.45, 7) is 4.42. The van der Waals surface area contributed by atoms with Gasteiger partial charge in [-0.1, -0.05) is 71.6 Å². The third-order valence-corrected chi connectivity index (χ3v) is 3.84. The van der Waals surface area contributed by atoms with Crippen molar-refractivity contribution in [2.45, 2.75) is 90.9 Å². The topological polar surface area (TPSA) is 13.1 Å². The molecule has 0 aromatic carbocycles. The summed E-state index contributed by atoms with van der Waals surface area (Å²) < 4.78 is 5.72. The molecule has 110 valence electrons. The van der Waals surface area contributed by atoms with Crippen molar-refractivity contribution in [3.05, 3.63) is 23.7 Å². The highest BCUT2D eigenvalue weighted by atomic mass is 16.3. The Morgan fingerprint density at radius 1 is 0.684 bits per heavy atom. The molecule has 1 aromatic rings. The predicted molar refractivity (Wildman–Crippen MR) is 83.6 cm³/mol. The van der Waals surface area contributed by atoms with Crippen LogP contribution in [0, 0.1) is 0 Å². The highest BCUT2D eigenvalue weighted by molar-refractivity contribution is 5.06. The fourth-order valence-electron chi connectivity index (χ4n) is 2.53. The first-order valence-corrected chi connectivity index (χ1v) is 8.44. The van der Waals surface area contributed by atoms with Gasteiger partial charge in [-0.2, -0.15) is 0 Å². The maximum atomic E-state index is 5.72. The summed E-state index contributed by atoms with van der Waals surface area (Å²) >= 11 is 0. The summed E-state index contributed by atoms with van der Waals surface area (Å²) in [6, 6.07) is 4.26. The van der Waals surface area contributed by atoms with E-state index >= 15 is 0 Å². The van der Waals surface area contributed by atoms with E-state index in [0.29, 0.717) is 0 Å². The lowest BCUT2D eigenvalue weighted by molar-refractivity contribution is 0.457. The van der Waals surface area contributed by atoms with E-state index in [9.17, 15) is 0 Å². The summed E-state index contributed by atoms with van der Waals surface area (Å²) in [6.07, 6.45) is 16.1. The van der Waals surface area contributed by atoms with Crippen molar-refractivity contribution in [3.8, 4) is 0 Å². The second-order valence-corrected chi connectivity index (χ2v) is 5.65. The molecule has 1 aromatic heterocycles. The van der Waals surface area contributed by atoms with Crippen LogP contribution in [0.1, 0.15) is 89.6 Å². The first-order chi connectivity index (χ1) is 9.36. The van der Waals surface area contributed by atoms with Crippen molar-refractivity contribution >= 4 is 0 Å². The average Bonchev–Trinajstić information content (AvgIpc) is 2.89. The molecule has 1 rings (SSSR count). The van der Waals surface area contributed by atoms with E-state index < -0.39 is 0 Å². The van der Waals surface area contributed by atoms with Crippen LogP contribution in [0.2, 0.25) is 0 Å². The monoisotopic (exact) mass is 264 g/mol. The van der Waals surface area contributed by atoms with Crippen molar-refractivity contribution in [2.75, 3.05) is 0 Å². The summed E-state index contributed by atoms with van der Waals surface area (Å²) in [5, 5.41) is 0. The Balaban J connectivity index is 1.86. The number of unbranched alkanes of at least 4 members (excludes halogenated alkanes) is 9. The Morgan fingerprint density at radius 3 is 1.74 bits per heavy atom. The molecule has 1 heterocycles. The fourth-order valence-corrected chi connectivity index (χ4v) is 2.53. The van der Waals surface area contributed by atoms with E-state index in [4.69, 9.17) is 4.42 Å². The van der Waals surface area contributed by atoms with E-state index in [0.717, 1.165) is 18.6 Å². The molecule has 0 saturated heterocycles. The third-order valence-electron chi connectivity index (χ3n) is 3.84. The molecule has 0 saturated carbocycles. The molecular weight excluding hydrogens is 232 g/mol. The van der Waals surface area contributed by atoms with Crippen LogP contribution in [0.25, 0.3) is 0 Å². The van der Waals surface area contributed by atoms with Crippen LogP contribution in [0.5, 0.6) is 0 Å². The number of hydrogen-bond donors (Lipinski definition) is 0. The zero-order valence-corrected chi connectivity index (χ0v) is 13.0. The summed E-state index contributed by atoms with van der Waals surface area (Å²) in [4.78, 5) is 0. The summed E-state index contributed by atoms with van der Waals surface area (Å²) in [5.74, 6) is 2.30. The van der Waals surface area contributed by atoms with E-state index in [1.54, 1.807) is 0 Å². The molecule has 0 spiro atoms. The zero-order valence-electron chi connectivity index (χ0n) is 13.0. The molecule has 0 unspecified atom stereocenters. The molecule has 1 nitrogen and oxygen atoms in total. The smallest absolute Gasteiger partial charge is 0.104 e. The second kappa shape index (κ2) is 11.1. The van der Waals surface area contributed by atoms with Crippen molar-refractivity contribution in [3.63, 3.8) is 0 Å². The van der Waals surface area contributed by atoms with E-state index in [1.165, 1.54) is 70.0 Å². The normalized spacial score (nSPS) is 11.1. The fraction of sp³-hybridized carbons (Fsp3) is 0.778. The number of furan rings is 1. The van der Waals surface area contributed by atoms with Gasteiger partial charge in [0.2, 0.25) is 0 Å². The minimum absolute atomic E-state index is 1.01. The lowest BCUT2D eigenvalue weighted by atomic mass is 10.1.